The van der Waals surface area contributed by atoms with Crippen LogP contribution in [-0.4, -0.2) is 38.5 Å². The summed E-state index contributed by atoms with van der Waals surface area (Å²) >= 11 is 4.51. The van der Waals surface area contributed by atoms with Crippen LogP contribution in [0.1, 0.15) is 93.6 Å². The topological polar surface area (TPSA) is 83.4 Å². The molecule has 4 rings (SSSR count). The lowest BCUT2D eigenvalue weighted by Gasteiger charge is -2.39. The molecule has 194 valence electrons. The second-order valence-electron chi connectivity index (χ2n) is 11.0. The molecule has 0 spiro atoms. The predicted octanol–water partition coefficient (Wildman–Crippen LogP) is 6.96. The van der Waals surface area contributed by atoms with Gasteiger partial charge in [0.1, 0.15) is 10.4 Å². The Bertz CT molecular complexity index is 1110. The maximum Gasteiger partial charge on any atom is 0.348 e. The zero-order chi connectivity index (χ0) is 25.9. The Kier molecular flexibility index (Phi) is 8.79. The van der Waals surface area contributed by atoms with Crippen molar-refractivity contribution in [1.82, 2.24) is 10.2 Å². The number of thiophene rings is 1. The monoisotopic (exact) mass is 545 g/mol. The van der Waals surface area contributed by atoms with E-state index in [0.717, 1.165) is 55.7 Å². The summed E-state index contributed by atoms with van der Waals surface area (Å²) in [5, 5.41) is 18.6. The van der Waals surface area contributed by atoms with Gasteiger partial charge in [-0.05, 0) is 84.1 Å². The number of carbonyl (C=O) groups is 2. The Morgan fingerprint density at radius 2 is 1.81 bits per heavy atom. The van der Waals surface area contributed by atoms with Crippen LogP contribution in [0.5, 0.6) is 0 Å². The highest BCUT2D eigenvalue weighted by Gasteiger charge is 2.37. The largest absolute Gasteiger partial charge is 0.477 e. The molecule has 2 aromatic heterocycles. The fourth-order valence-electron chi connectivity index (χ4n) is 5.00. The van der Waals surface area contributed by atoms with Crippen LogP contribution >= 0.6 is 34.4 Å². The van der Waals surface area contributed by atoms with Crippen LogP contribution in [0.3, 0.4) is 0 Å². The number of carboxylic acids is 1. The summed E-state index contributed by atoms with van der Waals surface area (Å²) in [4.78, 5) is 29.1. The number of nitrogens with zero attached hydrogens (tertiary/aromatic N) is 3. The summed E-state index contributed by atoms with van der Waals surface area (Å²) < 4.78 is 0.982. The van der Waals surface area contributed by atoms with Crippen molar-refractivity contribution in [2.24, 2.45) is 17.3 Å². The van der Waals surface area contributed by atoms with Gasteiger partial charge in [0.2, 0.25) is 5.91 Å². The fraction of sp³-hybridized carbons (Fsp3) is 0.630. The third-order valence-electron chi connectivity index (χ3n) is 6.95. The third kappa shape index (κ3) is 6.90. The summed E-state index contributed by atoms with van der Waals surface area (Å²) in [5.74, 6) is 6.08. The summed E-state index contributed by atoms with van der Waals surface area (Å²) in [6.07, 6.45) is 7.48. The number of aromatic nitrogens is 2. The Morgan fingerprint density at radius 1 is 1.11 bits per heavy atom. The lowest BCUT2D eigenvalue weighted by atomic mass is 9.81. The van der Waals surface area contributed by atoms with Crippen molar-refractivity contribution in [2.45, 2.75) is 94.7 Å². The average Bonchev–Trinajstić information content (AvgIpc) is 3.49. The van der Waals surface area contributed by atoms with Crippen molar-refractivity contribution in [2.75, 3.05) is 4.90 Å². The van der Waals surface area contributed by atoms with Crippen LogP contribution in [0.2, 0.25) is 0 Å². The van der Waals surface area contributed by atoms with Crippen molar-refractivity contribution in [3.05, 3.63) is 21.3 Å². The molecule has 2 fully saturated rings. The van der Waals surface area contributed by atoms with Crippen LogP contribution < -0.4 is 4.90 Å². The van der Waals surface area contributed by atoms with E-state index in [2.05, 4.69) is 29.0 Å². The van der Waals surface area contributed by atoms with Crippen LogP contribution in [-0.2, 0) is 4.79 Å². The normalized spacial score (nSPS) is 24.6. The minimum absolute atomic E-state index is 0.000699. The fourth-order valence-corrected chi connectivity index (χ4v) is 7.77. The van der Waals surface area contributed by atoms with Gasteiger partial charge in [-0.2, -0.15) is 0 Å². The molecule has 36 heavy (non-hydrogen) atoms. The van der Waals surface area contributed by atoms with E-state index in [9.17, 15) is 14.7 Å². The van der Waals surface area contributed by atoms with Gasteiger partial charge in [0.25, 0.3) is 0 Å². The number of thioether (sulfide) groups is 1. The Labute approximate surface area is 226 Å². The number of hydrogen-bond donors (Lipinski definition) is 1. The zero-order valence-corrected chi connectivity index (χ0v) is 23.9. The molecule has 1 N–H and O–H groups in total. The van der Waals surface area contributed by atoms with E-state index >= 15 is 0 Å². The second kappa shape index (κ2) is 11.7. The van der Waals surface area contributed by atoms with Crippen molar-refractivity contribution in [1.29, 1.82) is 0 Å². The van der Waals surface area contributed by atoms with Crippen molar-refractivity contribution in [3.8, 4) is 11.8 Å². The molecule has 2 aliphatic carbocycles. The molecule has 0 radical (unpaired) electrons. The van der Waals surface area contributed by atoms with Crippen molar-refractivity contribution >= 4 is 52.0 Å². The molecular weight excluding hydrogens is 511 g/mol. The van der Waals surface area contributed by atoms with Crippen LogP contribution in [0, 0.1) is 29.1 Å². The average molecular weight is 546 g/mol. The SMILES string of the molecule is CC(C)(C)C#Cc1cc(N(C(=O)[C@H]2CC[C@H](C)CC2)[C@H]2CC[C@@H](Sc3nncs3)CC2)c(C(=O)O)s1. The van der Waals surface area contributed by atoms with Gasteiger partial charge >= 0.3 is 5.97 Å². The molecule has 2 saturated carbocycles. The van der Waals surface area contributed by atoms with Gasteiger partial charge in [0.15, 0.2) is 4.34 Å². The highest BCUT2D eigenvalue weighted by atomic mass is 32.2. The second-order valence-corrected chi connectivity index (χ2v) is 14.5. The number of hydrogen-bond acceptors (Lipinski definition) is 7. The number of anilines is 1. The predicted molar refractivity (Wildman–Crippen MR) is 148 cm³/mol. The van der Waals surface area contributed by atoms with Gasteiger partial charge in [-0.3, -0.25) is 4.79 Å². The number of amides is 1. The molecule has 0 bridgehead atoms. The van der Waals surface area contributed by atoms with Gasteiger partial charge in [0, 0.05) is 22.6 Å². The van der Waals surface area contributed by atoms with E-state index in [1.54, 1.807) is 28.6 Å². The molecule has 9 heteroatoms. The van der Waals surface area contributed by atoms with E-state index in [-0.39, 0.29) is 28.2 Å². The zero-order valence-electron chi connectivity index (χ0n) is 21.5. The van der Waals surface area contributed by atoms with Gasteiger partial charge in [0.05, 0.1) is 10.6 Å². The van der Waals surface area contributed by atoms with Gasteiger partial charge in [-0.1, -0.05) is 41.9 Å². The maximum atomic E-state index is 14.0. The van der Waals surface area contributed by atoms with Gasteiger partial charge in [-0.25, -0.2) is 4.79 Å². The number of rotatable bonds is 6. The van der Waals surface area contributed by atoms with Crippen molar-refractivity contribution in [3.63, 3.8) is 0 Å². The molecule has 0 unspecified atom stereocenters. The minimum atomic E-state index is -0.991. The Hall–Kier alpha value is -1.89. The first kappa shape index (κ1) is 27.2. The Balaban J connectivity index is 1.62. The molecule has 2 heterocycles. The summed E-state index contributed by atoms with van der Waals surface area (Å²) in [5.41, 5.74) is 2.10. The van der Waals surface area contributed by atoms with Crippen LogP contribution in [0.4, 0.5) is 5.69 Å². The van der Waals surface area contributed by atoms with Gasteiger partial charge < -0.3 is 10.0 Å². The quantitative estimate of drug-likeness (QED) is 0.395. The lowest BCUT2D eigenvalue weighted by molar-refractivity contribution is -0.124. The highest BCUT2D eigenvalue weighted by Crippen LogP contribution is 2.41. The standard InChI is InChI=1S/C27H35N3O3S3/c1-17-5-7-18(8-6-17)24(31)30(19-9-11-20(12-10-19)36-26-29-28-16-34-26)22-15-21(13-14-27(2,3)4)35-23(22)25(32)33/h15-20H,5-12H2,1-4H3,(H,32,33)/t17-,18-,19-,20+. The first-order valence-electron chi connectivity index (χ1n) is 12.8. The first-order chi connectivity index (χ1) is 17.1. The van der Waals surface area contributed by atoms with Gasteiger partial charge in [-0.15, -0.1) is 21.5 Å². The van der Waals surface area contributed by atoms with E-state index in [0.29, 0.717) is 21.7 Å². The molecule has 0 saturated heterocycles. The van der Waals surface area contributed by atoms with Crippen LogP contribution in [0.15, 0.2) is 15.9 Å². The van der Waals surface area contributed by atoms with Crippen molar-refractivity contribution < 1.29 is 14.7 Å². The molecule has 1 amide bonds. The Morgan fingerprint density at radius 3 is 2.39 bits per heavy atom. The minimum Gasteiger partial charge on any atom is -0.477 e. The van der Waals surface area contributed by atoms with Crippen LogP contribution in [0.25, 0.3) is 0 Å². The van der Waals surface area contributed by atoms with E-state index in [1.807, 2.05) is 31.7 Å². The van der Waals surface area contributed by atoms with E-state index < -0.39 is 5.97 Å². The molecule has 0 aliphatic heterocycles. The number of carboxylic acid groups (broad SMARTS) is 1. The molecule has 2 aromatic rings. The number of aromatic carboxylic acids is 1. The van der Waals surface area contributed by atoms with E-state index in [4.69, 9.17) is 0 Å². The smallest absolute Gasteiger partial charge is 0.348 e. The molecule has 2 aliphatic rings. The van der Waals surface area contributed by atoms with E-state index in [1.165, 1.54) is 11.3 Å². The third-order valence-corrected chi connectivity index (χ3v) is 10.1. The highest BCUT2D eigenvalue weighted by molar-refractivity contribution is 8.01. The number of carbonyl (C=O) groups excluding carboxylic acids is 1. The first-order valence-corrected chi connectivity index (χ1v) is 15.3. The molecule has 0 aromatic carbocycles. The molecule has 0 atom stereocenters. The lowest BCUT2D eigenvalue weighted by Crippen LogP contribution is -2.46. The summed E-state index contributed by atoms with van der Waals surface area (Å²) in [7, 11) is 0. The molecular formula is C27H35N3O3S3. The summed E-state index contributed by atoms with van der Waals surface area (Å²) in [6, 6.07) is 1.84. The maximum absolute atomic E-state index is 14.0. The molecule has 6 nitrogen and oxygen atoms in total. The summed E-state index contributed by atoms with van der Waals surface area (Å²) in [6.45, 7) is 8.34.